The van der Waals surface area contributed by atoms with Crippen LogP contribution in [0.4, 0.5) is 5.69 Å². The van der Waals surface area contributed by atoms with E-state index in [4.69, 9.17) is 0 Å². The summed E-state index contributed by atoms with van der Waals surface area (Å²) in [5.74, 6) is 0. The average Bonchev–Trinajstić information content (AvgIpc) is 1.99. The van der Waals surface area contributed by atoms with E-state index in [2.05, 4.69) is 21.2 Å². The molecule has 0 unspecified atom stereocenters. The first kappa shape index (κ1) is 8.27. The highest BCUT2D eigenvalue weighted by molar-refractivity contribution is 9.10. The molecule has 0 aromatic heterocycles. The molecule has 1 rings (SSSR count). The Balaban J connectivity index is 3.05. The van der Waals surface area contributed by atoms with Gasteiger partial charge in [-0.25, -0.2) is 0 Å². The molecule has 3 heteroatoms. The molecule has 57 valence electrons. The Morgan fingerprint density at radius 2 is 2.27 bits per heavy atom. The molecule has 1 aromatic rings. The average molecular weight is 213 g/mol. The Kier molecular flexibility index (Phi) is 2.65. The minimum atomic E-state index is 0.786. The Bertz CT molecular complexity index is 273. The zero-order valence-electron chi connectivity index (χ0n) is 6.02. The van der Waals surface area contributed by atoms with Gasteiger partial charge in [-0.3, -0.25) is 4.79 Å². The number of hydrogen-bond acceptors (Lipinski definition) is 1. The minimum Gasteiger partial charge on any atom is -0.317 e. The number of carbonyl (C=O) groups excluding carboxylic acids is 1. The molecule has 1 aromatic carbocycles. The standard InChI is InChI=1S/C8H7BrNO/c1-6-7(9)3-2-4-8(6)10-5-11/h2-4H,1H3,(H,10,11). The van der Waals surface area contributed by atoms with Gasteiger partial charge in [-0.1, -0.05) is 22.0 Å². The van der Waals surface area contributed by atoms with Crippen molar-refractivity contribution < 1.29 is 4.79 Å². The molecule has 0 fully saturated rings. The summed E-state index contributed by atoms with van der Waals surface area (Å²) in [6.45, 7) is 1.92. The molecule has 0 aliphatic carbocycles. The smallest absolute Gasteiger partial charge is 0.314 e. The molecule has 1 radical (unpaired) electrons. The van der Waals surface area contributed by atoms with Crippen LogP contribution < -0.4 is 5.32 Å². The van der Waals surface area contributed by atoms with E-state index in [-0.39, 0.29) is 0 Å². The van der Waals surface area contributed by atoms with Gasteiger partial charge < -0.3 is 5.32 Å². The molecule has 1 amide bonds. The van der Waals surface area contributed by atoms with Crippen molar-refractivity contribution in [2.24, 2.45) is 0 Å². The first-order valence-electron chi connectivity index (χ1n) is 3.14. The first-order chi connectivity index (χ1) is 5.25. The predicted molar refractivity (Wildman–Crippen MR) is 48.2 cm³/mol. The van der Waals surface area contributed by atoms with E-state index in [1.165, 1.54) is 0 Å². The van der Waals surface area contributed by atoms with Crippen LogP contribution in [0.1, 0.15) is 5.56 Å². The molecule has 0 heterocycles. The van der Waals surface area contributed by atoms with E-state index in [1.54, 1.807) is 6.41 Å². The summed E-state index contributed by atoms with van der Waals surface area (Å²) in [5, 5.41) is 2.48. The third kappa shape index (κ3) is 1.80. The third-order valence-corrected chi connectivity index (χ3v) is 2.31. The normalized spacial score (nSPS) is 9.27. The minimum absolute atomic E-state index is 0.786. The fraction of sp³-hybridized carbons (Fsp3) is 0.125. The summed E-state index contributed by atoms with van der Waals surface area (Å²) < 4.78 is 0.984. The maximum absolute atomic E-state index is 9.99. The highest BCUT2D eigenvalue weighted by atomic mass is 79.9. The van der Waals surface area contributed by atoms with Crippen LogP contribution in [0.2, 0.25) is 0 Å². The summed E-state index contributed by atoms with van der Waals surface area (Å²) in [6, 6.07) is 5.60. The lowest BCUT2D eigenvalue weighted by Gasteiger charge is -2.03. The molecule has 0 spiro atoms. The number of benzene rings is 1. The van der Waals surface area contributed by atoms with Crippen LogP contribution >= 0.6 is 15.9 Å². The lowest BCUT2D eigenvalue weighted by molar-refractivity contribution is 0.561. The van der Waals surface area contributed by atoms with Gasteiger partial charge in [0, 0.05) is 10.2 Å². The quantitative estimate of drug-likeness (QED) is 0.750. The molecule has 0 aliphatic rings. The Morgan fingerprint density at radius 1 is 1.55 bits per heavy atom. The largest absolute Gasteiger partial charge is 0.317 e. The maximum Gasteiger partial charge on any atom is 0.314 e. The van der Waals surface area contributed by atoms with Crippen LogP contribution in [0.5, 0.6) is 0 Å². The second-order valence-corrected chi connectivity index (χ2v) is 2.99. The van der Waals surface area contributed by atoms with Gasteiger partial charge in [-0.15, -0.1) is 0 Å². The highest BCUT2D eigenvalue weighted by Gasteiger charge is 1.98. The summed E-state index contributed by atoms with van der Waals surface area (Å²) in [6.07, 6.45) is 1.63. The van der Waals surface area contributed by atoms with E-state index in [0.717, 1.165) is 15.7 Å². The van der Waals surface area contributed by atoms with Crippen molar-refractivity contribution in [1.29, 1.82) is 0 Å². The molecule has 0 bridgehead atoms. The van der Waals surface area contributed by atoms with Crippen LogP contribution in [-0.2, 0) is 4.79 Å². The predicted octanol–water partition coefficient (Wildman–Crippen LogP) is 2.24. The van der Waals surface area contributed by atoms with Crippen molar-refractivity contribution in [1.82, 2.24) is 0 Å². The van der Waals surface area contributed by atoms with Crippen molar-refractivity contribution in [3.63, 3.8) is 0 Å². The van der Waals surface area contributed by atoms with Crippen LogP contribution in [0.25, 0.3) is 0 Å². The number of anilines is 1. The van der Waals surface area contributed by atoms with Gasteiger partial charge in [0.15, 0.2) is 0 Å². The SMILES string of the molecule is Cc1c(Br)cccc1N[C]=O. The fourth-order valence-electron chi connectivity index (χ4n) is 0.798. The van der Waals surface area contributed by atoms with Crippen molar-refractivity contribution >= 4 is 28.0 Å². The van der Waals surface area contributed by atoms with E-state index >= 15 is 0 Å². The zero-order chi connectivity index (χ0) is 8.27. The Hall–Kier alpha value is -0.830. The molecule has 2 nitrogen and oxygen atoms in total. The van der Waals surface area contributed by atoms with Crippen molar-refractivity contribution in [2.75, 3.05) is 5.32 Å². The van der Waals surface area contributed by atoms with Crippen LogP contribution in [0, 0.1) is 6.92 Å². The lowest BCUT2D eigenvalue weighted by Crippen LogP contribution is -1.95. The number of halogens is 1. The maximum atomic E-state index is 9.99. The molecule has 0 aliphatic heterocycles. The Labute approximate surface area is 73.7 Å². The number of nitrogens with one attached hydrogen (secondary N) is 1. The van der Waals surface area contributed by atoms with Gasteiger partial charge in [0.05, 0.1) is 0 Å². The topological polar surface area (TPSA) is 29.1 Å². The second-order valence-electron chi connectivity index (χ2n) is 2.14. The Morgan fingerprint density at radius 3 is 2.91 bits per heavy atom. The van der Waals surface area contributed by atoms with E-state index < -0.39 is 0 Å². The second kappa shape index (κ2) is 3.53. The van der Waals surface area contributed by atoms with E-state index in [9.17, 15) is 4.79 Å². The molecule has 0 saturated heterocycles. The van der Waals surface area contributed by atoms with Gasteiger partial charge in [0.25, 0.3) is 0 Å². The van der Waals surface area contributed by atoms with Gasteiger partial charge in [0.2, 0.25) is 0 Å². The van der Waals surface area contributed by atoms with Gasteiger partial charge >= 0.3 is 6.41 Å². The van der Waals surface area contributed by atoms with E-state index in [0.29, 0.717) is 0 Å². The van der Waals surface area contributed by atoms with Gasteiger partial charge in [-0.05, 0) is 24.6 Å². The number of hydrogen-bond donors (Lipinski definition) is 1. The molecule has 0 atom stereocenters. The van der Waals surface area contributed by atoms with Gasteiger partial charge in [0.1, 0.15) is 0 Å². The zero-order valence-corrected chi connectivity index (χ0v) is 7.60. The van der Waals surface area contributed by atoms with E-state index in [1.807, 2.05) is 25.1 Å². The number of rotatable bonds is 2. The molecule has 0 saturated carbocycles. The first-order valence-corrected chi connectivity index (χ1v) is 3.93. The highest BCUT2D eigenvalue weighted by Crippen LogP contribution is 2.22. The van der Waals surface area contributed by atoms with Crippen LogP contribution in [-0.4, -0.2) is 6.41 Å². The number of amides is 1. The van der Waals surface area contributed by atoms with Crippen LogP contribution in [0.15, 0.2) is 22.7 Å². The fourth-order valence-corrected chi connectivity index (χ4v) is 1.16. The summed E-state index contributed by atoms with van der Waals surface area (Å²) in [5.41, 5.74) is 1.80. The van der Waals surface area contributed by atoms with Crippen molar-refractivity contribution in [3.05, 3.63) is 28.2 Å². The molecule has 1 N–H and O–H groups in total. The van der Waals surface area contributed by atoms with Crippen molar-refractivity contribution in [2.45, 2.75) is 6.92 Å². The van der Waals surface area contributed by atoms with Gasteiger partial charge in [-0.2, -0.15) is 0 Å². The lowest BCUT2D eigenvalue weighted by atomic mass is 10.2. The molecule has 11 heavy (non-hydrogen) atoms. The monoisotopic (exact) mass is 212 g/mol. The summed E-state index contributed by atoms with van der Waals surface area (Å²) in [4.78, 5) is 9.99. The van der Waals surface area contributed by atoms with Crippen molar-refractivity contribution in [3.8, 4) is 0 Å². The third-order valence-electron chi connectivity index (χ3n) is 1.45. The van der Waals surface area contributed by atoms with Crippen LogP contribution in [0.3, 0.4) is 0 Å². The molecular weight excluding hydrogens is 206 g/mol. The summed E-state index contributed by atoms with van der Waals surface area (Å²) in [7, 11) is 0. The molecular formula is C8H7BrNO. The summed E-state index contributed by atoms with van der Waals surface area (Å²) >= 11 is 3.35.